The van der Waals surface area contributed by atoms with E-state index in [0.717, 1.165) is 13.0 Å². The average molecular weight is 351 g/mol. The van der Waals surface area contributed by atoms with E-state index in [0.29, 0.717) is 0 Å². The molecule has 0 aromatic heterocycles. The molecule has 126 valence electrons. The molecule has 0 radical (unpaired) electrons. The van der Waals surface area contributed by atoms with Gasteiger partial charge in [0.05, 0.1) is 10.5 Å². The van der Waals surface area contributed by atoms with Crippen LogP contribution in [0.1, 0.15) is 33.3 Å². The molecule has 0 saturated carbocycles. The van der Waals surface area contributed by atoms with Gasteiger partial charge in [-0.05, 0) is 12.1 Å². The van der Waals surface area contributed by atoms with Gasteiger partial charge in [-0.15, -0.1) is 0 Å². The number of allylic oxidation sites excluding steroid dienone is 1. The highest BCUT2D eigenvalue weighted by Crippen LogP contribution is 2.34. The summed E-state index contributed by atoms with van der Waals surface area (Å²) in [5.74, 6) is -1.87. The van der Waals surface area contributed by atoms with Crippen LogP contribution in [-0.2, 0) is 14.3 Å². The van der Waals surface area contributed by atoms with Gasteiger partial charge in [0.2, 0.25) is 0 Å². The third kappa shape index (κ3) is 4.40. The Labute approximate surface area is 143 Å². The van der Waals surface area contributed by atoms with Crippen LogP contribution in [0.2, 0.25) is 5.02 Å². The molecule has 7 nitrogen and oxygen atoms in total. The lowest BCUT2D eigenvalue weighted by atomic mass is 9.85. The highest BCUT2D eigenvalue weighted by Gasteiger charge is 2.32. The van der Waals surface area contributed by atoms with Crippen LogP contribution < -0.4 is 0 Å². The summed E-state index contributed by atoms with van der Waals surface area (Å²) in [5, 5.41) is 20.7. The second-order valence-electron chi connectivity index (χ2n) is 5.91. The summed E-state index contributed by atoms with van der Waals surface area (Å²) in [4.78, 5) is 34.4. The summed E-state index contributed by atoms with van der Waals surface area (Å²) in [6.07, 6.45) is 0. The first-order chi connectivity index (χ1) is 11.0. The number of hydrogen-bond acceptors (Lipinski definition) is 6. The fourth-order valence-corrected chi connectivity index (χ4v) is 1.98. The molecule has 0 aliphatic heterocycles. The first-order valence-corrected chi connectivity index (χ1v) is 7.18. The van der Waals surface area contributed by atoms with Gasteiger partial charge in [0, 0.05) is 23.4 Å². The third-order valence-corrected chi connectivity index (χ3v) is 3.13. The molecule has 0 bridgehead atoms. The minimum atomic E-state index is -0.947. The van der Waals surface area contributed by atoms with Gasteiger partial charge in [-0.3, -0.25) is 19.7 Å². The van der Waals surface area contributed by atoms with Crippen LogP contribution >= 0.6 is 11.6 Å². The standard InChI is InChI=1S/C16H15ClN2O5/c1-9(20)24-14(12(8-18)15(21)16(2,3)4)11-6-5-10(17)7-13(11)19(22)23/h5-7H,1-4H3. The zero-order valence-corrected chi connectivity index (χ0v) is 14.3. The van der Waals surface area contributed by atoms with Crippen molar-refractivity contribution >= 4 is 34.8 Å². The SMILES string of the molecule is CC(=O)OC(=C(C#N)C(=O)C(C)(C)C)c1ccc(Cl)cc1[N+](=O)[O-]. The van der Waals surface area contributed by atoms with Gasteiger partial charge in [-0.25, -0.2) is 0 Å². The second-order valence-corrected chi connectivity index (χ2v) is 6.34. The number of benzene rings is 1. The Morgan fingerprint density at radius 3 is 2.33 bits per heavy atom. The molecule has 1 aromatic rings. The van der Waals surface area contributed by atoms with Crippen molar-refractivity contribution in [2.45, 2.75) is 27.7 Å². The largest absolute Gasteiger partial charge is 0.424 e. The Balaban J connectivity index is 3.80. The number of nitriles is 1. The Hall–Kier alpha value is -2.72. The molecular formula is C16H15ClN2O5. The maximum Gasteiger partial charge on any atom is 0.308 e. The fraction of sp³-hybridized carbons (Fsp3) is 0.312. The lowest BCUT2D eigenvalue weighted by Gasteiger charge is -2.18. The van der Waals surface area contributed by atoms with E-state index < -0.39 is 39.1 Å². The summed E-state index contributed by atoms with van der Waals surface area (Å²) < 4.78 is 4.99. The van der Waals surface area contributed by atoms with Crippen LogP contribution in [0.4, 0.5) is 5.69 Å². The molecule has 0 saturated heterocycles. The molecule has 8 heteroatoms. The van der Waals surface area contributed by atoms with Crippen molar-refractivity contribution in [1.29, 1.82) is 5.26 Å². The van der Waals surface area contributed by atoms with E-state index in [1.54, 1.807) is 26.8 Å². The molecule has 1 aromatic carbocycles. The number of rotatable bonds is 4. The van der Waals surface area contributed by atoms with Crippen LogP contribution in [0.5, 0.6) is 0 Å². The first-order valence-electron chi connectivity index (χ1n) is 6.81. The number of Topliss-reactive ketones (excluding diaryl/α,β-unsaturated/α-hetero) is 1. The maximum atomic E-state index is 12.5. The maximum absolute atomic E-state index is 12.5. The lowest BCUT2D eigenvalue weighted by molar-refractivity contribution is -0.385. The van der Waals surface area contributed by atoms with Crippen LogP contribution in [0, 0.1) is 26.9 Å². The molecule has 0 spiro atoms. The van der Waals surface area contributed by atoms with Crippen LogP contribution in [-0.4, -0.2) is 16.7 Å². The molecule has 0 unspecified atom stereocenters. The minimum absolute atomic E-state index is 0.0910. The zero-order valence-electron chi connectivity index (χ0n) is 13.5. The Morgan fingerprint density at radius 2 is 1.92 bits per heavy atom. The smallest absolute Gasteiger partial charge is 0.308 e. The number of ether oxygens (including phenoxy) is 1. The van der Waals surface area contributed by atoms with Crippen molar-refractivity contribution < 1.29 is 19.2 Å². The van der Waals surface area contributed by atoms with Crippen molar-refractivity contribution in [1.82, 2.24) is 0 Å². The van der Waals surface area contributed by atoms with Crippen molar-refractivity contribution in [2.24, 2.45) is 5.41 Å². The van der Waals surface area contributed by atoms with Gasteiger partial charge >= 0.3 is 5.97 Å². The zero-order chi connectivity index (χ0) is 18.7. The predicted molar refractivity (Wildman–Crippen MR) is 86.9 cm³/mol. The number of carbonyl (C=O) groups is 2. The highest BCUT2D eigenvalue weighted by molar-refractivity contribution is 6.30. The molecule has 0 aliphatic rings. The predicted octanol–water partition coefficient (Wildman–Crippen LogP) is 3.66. The van der Waals surface area contributed by atoms with E-state index in [9.17, 15) is 25.0 Å². The number of nitro groups is 1. The van der Waals surface area contributed by atoms with E-state index in [1.807, 2.05) is 0 Å². The molecule has 0 aliphatic carbocycles. The normalized spacial score (nSPS) is 12.0. The van der Waals surface area contributed by atoms with Crippen molar-refractivity contribution in [3.63, 3.8) is 0 Å². The summed E-state index contributed by atoms with van der Waals surface area (Å²) in [6, 6.07) is 5.31. The van der Waals surface area contributed by atoms with Gasteiger partial charge in [0.25, 0.3) is 5.69 Å². The lowest BCUT2D eigenvalue weighted by Crippen LogP contribution is -2.23. The molecule has 0 N–H and O–H groups in total. The molecule has 0 heterocycles. The van der Waals surface area contributed by atoms with Crippen molar-refractivity contribution in [3.8, 4) is 6.07 Å². The first kappa shape index (κ1) is 19.3. The summed E-state index contributed by atoms with van der Waals surface area (Å²) >= 11 is 5.76. The summed E-state index contributed by atoms with van der Waals surface area (Å²) in [7, 11) is 0. The van der Waals surface area contributed by atoms with Crippen LogP contribution in [0.3, 0.4) is 0 Å². The highest BCUT2D eigenvalue weighted by atomic mass is 35.5. The Morgan fingerprint density at radius 1 is 1.33 bits per heavy atom. The monoisotopic (exact) mass is 350 g/mol. The Kier molecular flexibility index (Phi) is 5.83. The summed E-state index contributed by atoms with van der Waals surface area (Å²) in [5.41, 5.74) is -2.07. The van der Waals surface area contributed by atoms with Gasteiger partial charge in [-0.1, -0.05) is 32.4 Å². The number of ketones is 1. The molecule has 0 fully saturated rings. The van der Waals surface area contributed by atoms with E-state index >= 15 is 0 Å². The van der Waals surface area contributed by atoms with E-state index in [-0.39, 0.29) is 10.6 Å². The van der Waals surface area contributed by atoms with Crippen LogP contribution in [0.15, 0.2) is 23.8 Å². The number of nitrogens with zero attached hydrogens (tertiary/aromatic N) is 2. The van der Waals surface area contributed by atoms with Gasteiger partial charge in [0.15, 0.2) is 11.5 Å². The number of halogens is 1. The van der Waals surface area contributed by atoms with E-state index in [2.05, 4.69) is 0 Å². The van der Waals surface area contributed by atoms with E-state index in [4.69, 9.17) is 16.3 Å². The van der Waals surface area contributed by atoms with Crippen molar-refractivity contribution in [2.75, 3.05) is 0 Å². The quantitative estimate of drug-likeness (QED) is 0.204. The molecule has 0 atom stereocenters. The number of carbonyl (C=O) groups excluding carboxylic acids is 2. The Bertz CT molecular complexity index is 785. The second kappa shape index (κ2) is 7.23. The van der Waals surface area contributed by atoms with E-state index in [1.165, 1.54) is 12.1 Å². The third-order valence-electron chi connectivity index (χ3n) is 2.89. The van der Waals surface area contributed by atoms with Gasteiger partial charge in [0.1, 0.15) is 11.6 Å². The van der Waals surface area contributed by atoms with Crippen molar-refractivity contribution in [3.05, 3.63) is 44.5 Å². The number of hydrogen-bond donors (Lipinski definition) is 0. The van der Waals surface area contributed by atoms with Gasteiger partial charge in [-0.2, -0.15) is 5.26 Å². The van der Waals surface area contributed by atoms with Crippen LogP contribution in [0.25, 0.3) is 5.76 Å². The molecular weight excluding hydrogens is 336 g/mol. The average Bonchev–Trinajstić information content (AvgIpc) is 2.45. The number of nitro benzene ring substituents is 1. The summed E-state index contributed by atoms with van der Waals surface area (Å²) in [6.45, 7) is 5.80. The van der Waals surface area contributed by atoms with Gasteiger partial charge < -0.3 is 4.74 Å². The minimum Gasteiger partial charge on any atom is -0.424 e. The fourth-order valence-electron chi connectivity index (χ4n) is 1.81. The topological polar surface area (TPSA) is 110 Å². The molecule has 0 amide bonds. The number of esters is 1. The molecule has 24 heavy (non-hydrogen) atoms. The molecule has 1 rings (SSSR count).